The first-order chi connectivity index (χ1) is 5.81. The normalized spacial score (nSPS) is 3.54. The fourth-order valence-corrected chi connectivity index (χ4v) is 0.0481. The van der Waals surface area contributed by atoms with E-state index in [2.05, 4.69) is 33.1 Å². The standard InChI is InChI=1S/C5H6O.3CO.Fe/c1-3-5(2)4-6;3*1-2;/h3-4H,1-2H2;;;;. The van der Waals surface area contributed by atoms with Crippen LogP contribution in [-0.4, -0.2) is 6.29 Å². The molecule has 4 nitrogen and oxygen atoms in total. The SMILES string of the molecule is C=CC(=C)C=O.[C-]#[O+].[C-]#[O+].[C-]#[O+].[Fe]. The molecule has 0 heterocycles. The van der Waals surface area contributed by atoms with Crippen LogP contribution in [-0.2, 0) is 35.8 Å². The van der Waals surface area contributed by atoms with Crippen LogP contribution in [0.25, 0.3) is 0 Å². The average Bonchev–Trinajstić information content (AvgIpc) is 2.25. The van der Waals surface area contributed by atoms with Gasteiger partial charge < -0.3 is 0 Å². The van der Waals surface area contributed by atoms with Crippen LogP contribution in [0.3, 0.4) is 0 Å². The topological polar surface area (TPSA) is 76.8 Å². The molecule has 70 valence electrons. The molecular formula is C8H6FeO4. The second kappa shape index (κ2) is 70.4. The van der Waals surface area contributed by atoms with Gasteiger partial charge in [0.25, 0.3) is 0 Å². The van der Waals surface area contributed by atoms with E-state index in [0.29, 0.717) is 11.9 Å². The summed E-state index contributed by atoms with van der Waals surface area (Å²) in [5.74, 6) is 0. The molecule has 5 heteroatoms. The van der Waals surface area contributed by atoms with Gasteiger partial charge in [-0.2, -0.15) is 0 Å². The summed E-state index contributed by atoms with van der Waals surface area (Å²) in [6.07, 6.45) is 2.07. The molecule has 0 aromatic heterocycles. The van der Waals surface area contributed by atoms with Gasteiger partial charge in [-0.05, 0) is 0 Å². The van der Waals surface area contributed by atoms with Crippen LogP contribution in [0.4, 0.5) is 0 Å². The van der Waals surface area contributed by atoms with E-state index in [1.54, 1.807) is 0 Å². The first-order valence-electron chi connectivity index (χ1n) is 2.19. The summed E-state index contributed by atoms with van der Waals surface area (Å²) >= 11 is 0. The number of carbonyl (C=O) groups excluding carboxylic acids is 1. The van der Waals surface area contributed by atoms with Crippen molar-refractivity contribution < 1.29 is 35.8 Å². The quantitative estimate of drug-likeness (QED) is 0.170. The zero-order valence-corrected chi connectivity index (χ0v) is 7.66. The molecule has 0 saturated carbocycles. The van der Waals surface area contributed by atoms with Gasteiger partial charge in [0, 0.05) is 22.6 Å². The third-order valence-electron chi connectivity index (χ3n) is 0.414. The molecule has 0 radical (unpaired) electrons. The molecule has 0 spiro atoms. The Morgan fingerprint density at radius 2 is 1.31 bits per heavy atom. The molecule has 0 aromatic rings. The van der Waals surface area contributed by atoms with Crippen molar-refractivity contribution in [1.82, 2.24) is 0 Å². The van der Waals surface area contributed by atoms with Crippen molar-refractivity contribution in [2.45, 2.75) is 0 Å². The van der Waals surface area contributed by atoms with Gasteiger partial charge in [-0.3, -0.25) is 4.79 Å². The predicted molar refractivity (Wildman–Crippen MR) is 37.2 cm³/mol. The van der Waals surface area contributed by atoms with Gasteiger partial charge in [-0.25, -0.2) is 0 Å². The Morgan fingerprint density at radius 3 is 1.31 bits per heavy atom. The second-order valence-electron chi connectivity index (χ2n) is 0.897. The van der Waals surface area contributed by atoms with Crippen molar-refractivity contribution in [2.75, 3.05) is 0 Å². The smallest absolute Gasteiger partial charge is 0 e. The minimum Gasteiger partial charge on any atom is 0 e. The van der Waals surface area contributed by atoms with E-state index in [-0.39, 0.29) is 17.1 Å². The van der Waals surface area contributed by atoms with Gasteiger partial charge >= 0.3 is 33.9 Å². The summed E-state index contributed by atoms with van der Waals surface area (Å²) in [7, 11) is 0. The maximum absolute atomic E-state index is 9.57. The van der Waals surface area contributed by atoms with Gasteiger partial charge in [0.15, 0.2) is 0 Å². The maximum Gasteiger partial charge on any atom is 0 e. The van der Waals surface area contributed by atoms with Crippen LogP contribution in [0.1, 0.15) is 0 Å². The van der Waals surface area contributed by atoms with Crippen molar-refractivity contribution in [3.63, 3.8) is 0 Å². The first kappa shape index (κ1) is 29.7. The minimum atomic E-state index is 0. The van der Waals surface area contributed by atoms with Crippen molar-refractivity contribution in [1.29, 1.82) is 0 Å². The number of aldehydes is 1. The first-order valence-corrected chi connectivity index (χ1v) is 2.19. The molecule has 0 rings (SSSR count). The number of hydrogen-bond donors (Lipinski definition) is 0. The van der Waals surface area contributed by atoms with Gasteiger partial charge in [0.2, 0.25) is 0 Å². The van der Waals surface area contributed by atoms with Crippen LogP contribution in [0, 0.1) is 20.0 Å². The Bertz CT molecular complexity index is 154. The summed E-state index contributed by atoms with van der Waals surface area (Å²) in [5, 5.41) is 0. The molecular weight excluding hydrogens is 216 g/mol. The Hall–Kier alpha value is -1.11. The van der Waals surface area contributed by atoms with E-state index in [1.807, 2.05) is 0 Å². The molecule has 0 atom stereocenters. The van der Waals surface area contributed by atoms with E-state index in [9.17, 15) is 4.79 Å². The van der Waals surface area contributed by atoms with E-state index < -0.39 is 0 Å². The molecule has 0 N–H and O–H groups in total. The van der Waals surface area contributed by atoms with Crippen molar-refractivity contribution in [3.8, 4) is 0 Å². The van der Waals surface area contributed by atoms with E-state index in [1.165, 1.54) is 6.08 Å². The van der Waals surface area contributed by atoms with Crippen LogP contribution in [0.2, 0.25) is 0 Å². The van der Waals surface area contributed by atoms with Gasteiger partial charge in [0.1, 0.15) is 6.29 Å². The summed E-state index contributed by atoms with van der Waals surface area (Å²) in [5.41, 5.74) is 0.426. The minimum absolute atomic E-state index is 0. The van der Waals surface area contributed by atoms with Crippen LogP contribution in [0.5, 0.6) is 0 Å². The third-order valence-corrected chi connectivity index (χ3v) is 0.414. The monoisotopic (exact) mass is 222 g/mol. The Kier molecular flexibility index (Phi) is 161. The van der Waals surface area contributed by atoms with Crippen LogP contribution < -0.4 is 0 Å². The summed E-state index contributed by atoms with van der Waals surface area (Å²) in [4.78, 5) is 9.57. The van der Waals surface area contributed by atoms with Crippen molar-refractivity contribution in [2.24, 2.45) is 0 Å². The molecule has 0 fully saturated rings. The number of carbonyl (C=O) groups is 1. The Morgan fingerprint density at radius 1 is 1.08 bits per heavy atom. The van der Waals surface area contributed by atoms with E-state index >= 15 is 0 Å². The predicted octanol–water partition coefficient (Wildman–Crippen LogP) is 0.812. The maximum atomic E-state index is 9.57. The summed E-state index contributed by atoms with van der Waals surface area (Å²) in [6, 6.07) is 0. The van der Waals surface area contributed by atoms with Gasteiger partial charge in [0.05, 0.1) is 0 Å². The third kappa shape index (κ3) is 103. The molecule has 0 bridgehead atoms. The molecule has 0 aliphatic rings. The number of hydrogen-bond acceptors (Lipinski definition) is 1. The van der Waals surface area contributed by atoms with E-state index in [0.717, 1.165) is 0 Å². The van der Waals surface area contributed by atoms with Gasteiger partial charge in [-0.1, -0.05) is 19.2 Å². The second-order valence-corrected chi connectivity index (χ2v) is 0.897. The van der Waals surface area contributed by atoms with Crippen LogP contribution in [0.15, 0.2) is 24.8 Å². The zero-order chi connectivity index (χ0) is 11.0. The Balaban J connectivity index is -0.0000000263. The number of rotatable bonds is 2. The summed E-state index contributed by atoms with van der Waals surface area (Å²) < 4.78 is 22.5. The fourth-order valence-electron chi connectivity index (χ4n) is 0.0481. The zero-order valence-electron chi connectivity index (χ0n) is 6.56. The fraction of sp³-hybridized carbons (Fsp3) is 0. The molecule has 0 aromatic carbocycles. The molecule has 0 aliphatic carbocycles. The number of allylic oxidation sites excluding steroid dienone is 2. The van der Waals surface area contributed by atoms with Crippen molar-refractivity contribution >= 4 is 6.29 Å². The molecule has 0 aliphatic heterocycles. The molecule has 13 heavy (non-hydrogen) atoms. The average molecular weight is 222 g/mol. The van der Waals surface area contributed by atoms with Gasteiger partial charge in [-0.15, -0.1) is 0 Å². The van der Waals surface area contributed by atoms with Crippen molar-refractivity contribution in [3.05, 3.63) is 44.8 Å². The van der Waals surface area contributed by atoms with E-state index in [4.69, 9.17) is 14.0 Å². The summed E-state index contributed by atoms with van der Waals surface area (Å²) in [6.45, 7) is 20.1. The van der Waals surface area contributed by atoms with Crippen LogP contribution >= 0.6 is 0 Å². The molecule has 0 unspecified atom stereocenters. The molecule has 0 amide bonds. The molecule has 0 saturated heterocycles. The largest absolute Gasteiger partial charge is 0 e. The Labute approximate surface area is 87.3 Å².